The molecule has 0 radical (unpaired) electrons. The van der Waals surface area contributed by atoms with Gasteiger partial charge in [-0.25, -0.2) is 9.78 Å². The monoisotopic (exact) mass is 410 g/mol. The zero-order valence-electron chi connectivity index (χ0n) is 18.5. The van der Waals surface area contributed by atoms with Gasteiger partial charge in [0.1, 0.15) is 5.82 Å². The number of imidazole rings is 1. The summed E-state index contributed by atoms with van der Waals surface area (Å²) < 4.78 is 7.95. The van der Waals surface area contributed by atoms with E-state index < -0.39 is 0 Å². The van der Waals surface area contributed by atoms with Crippen LogP contribution in [0.5, 0.6) is 0 Å². The smallest absolute Gasteiger partial charge is 0.321 e. The molecule has 0 saturated carbocycles. The van der Waals surface area contributed by atoms with Gasteiger partial charge < -0.3 is 19.5 Å². The van der Waals surface area contributed by atoms with Crippen LogP contribution in [0.4, 0.5) is 10.5 Å². The molecular formula is C24H34N4O2. The standard InChI is InChI=1S/C24H34N4O2/c1-17-4-5-22(14-18(17)2)26-24(29)27-10-6-20(7-11-27)16-28-19(3)15-25-23(28)21-8-12-30-13-9-21/h4-5,14-15,20-21H,6-13,16H2,1-3H3,(H,26,29). The Morgan fingerprint density at radius 3 is 2.53 bits per heavy atom. The molecule has 2 aromatic rings. The molecule has 0 spiro atoms. The molecule has 2 aliphatic rings. The predicted octanol–water partition coefficient (Wildman–Crippen LogP) is 4.65. The first-order valence-electron chi connectivity index (χ1n) is 11.2. The van der Waals surface area contributed by atoms with Crippen molar-refractivity contribution in [2.45, 2.75) is 58.9 Å². The number of hydrogen-bond donors (Lipinski definition) is 1. The van der Waals surface area contributed by atoms with Gasteiger partial charge in [-0.3, -0.25) is 0 Å². The molecule has 30 heavy (non-hydrogen) atoms. The average molecular weight is 411 g/mol. The molecule has 0 unspecified atom stereocenters. The van der Waals surface area contributed by atoms with Gasteiger partial charge in [0.15, 0.2) is 0 Å². The Hall–Kier alpha value is -2.34. The lowest BCUT2D eigenvalue weighted by molar-refractivity contribution is 0.0823. The maximum atomic E-state index is 12.7. The van der Waals surface area contributed by atoms with Crippen LogP contribution in [-0.2, 0) is 11.3 Å². The number of amides is 2. The van der Waals surface area contributed by atoms with E-state index in [1.165, 1.54) is 22.6 Å². The van der Waals surface area contributed by atoms with Gasteiger partial charge in [-0.1, -0.05) is 6.07 Å². The highest BCUT2D eigenvalue weighted by atomic mass is 16.5. The van der Waals surface area contributed by atoms with Crippen molar-refractivity contribution in [2.75, 3.05) is 31.6 Å². The predicted molar refractivity (Wildman–Crippen MR) is 119 cm³/mol. The summed E-state index contributed by atoms with van der Waals surface area (Å²) in [6, 6.07) is 6.09. The van der Waals surface area contributed by atoms with E-state index in [0.717, 1.165) is 64.2 Å². The molecule has 2 aliphatic heterocycles. The van der Waals surface area contributed by atoms with Crippen LogP contribution in [0.3, 0.4) is 0 Å². The summed E-state index contributed by atoms with van der Waals surface area (Å²) in [5.74, 6) is 2.32. The highest BCUT2D eigenvalue weighted by molar-refractivity contribution is 5.89. The number of aryl methyl sites for hydroxylation is 3. The van der Waals surface area contributed by atoms with E-state index in [1.54, 1.807) is 0 Å². The van der Waals surface area contributed by atoms with Gasteiger partial charge in [0.2, 0.25) is 0 Å². The van der Waals surface area contributed by atoms with Crippen LogP contribution in [-0.4, -0.2) is 46.8 Å². The lowest BCUT2D eigenvalue weighted by Crippen LogP contribution is -2.41. The fourth-order valence-electron chi connectivity index (χ4n) is 4.60. The van der Waals surface area contributed by atoms with E-state index in [0.29, 0.717) is 11.8 Å². The first kappa shape index (κ1) is 20.9. The number of likely N-dealkylation sites (tertiary alicyclic amines) is 1. The Bertz CT molecular complexity index is 877. The number of rotatable bonds is 4. The highest BCUT2D eigenvalue weighted by Crippen LogP contribution is 2.29. The number of nitrogens with one attached hydrogen (secondary N) is 1. The summed E-state index contributed by atoms with van der Waals surface area (Å²) in [6.07, 6.45) is 6.20. The Kier molecular flexibility index (Phi) is 6.42. The normalized spacial score (nSPS) is 18.6. The summed E-state index contributed by atoms with van der Waals surface area (Å²) in [7, 11) is 0. The number of benzene rings is 1. The second kappa shape index (κ2) is 9.21. The number of carbonyl (C=O) groups excluding carboxylic acids is 1. The minimum Gasteiger partial charge on any atom is -0.381 e. The quantitative estimate of drug-likeness (QED) is 0.798. The number of hydrogen-bond acceptors (Lipinski definition) is 3. The molecule has 1 aromatic heterocycles. The van der Waals surface area contributed by atoms with Gasteiger partial charge in [-0.05, 0) is 75.6 Å². The van der Waals surface area contributed by atoms with Crippen LogP contribution >= 0.6 is 0 Å². The molecular weight excluding hydrogens is 376 g/mol. The summed E-state index contributed by atoms with van der Waals surface area (Å²) in [5, 5.41) is 3.06. The molecule has 2 amide bonds. The van der Waals surface area contributed by atoms with E-state index in [2.05, 4.69) is 36.7 Å². The molecule has 3 heterocycles. The van der Waals surface area contributed by atoms with E-state index in [9.17, 15) is 4.79 Å². The third kappa shape index (κ3) is 4.69. The van der Waals surface area contributed by atoms with Crippen LogP contribution in [0.25, 0.3) is 0 Å². The van der Waals surface area contributed by atoms with E-state index in [-0.39, 0.29) is 6.03 Å². The zero-order valence-corrected chi connectivity index (χ0v) is 18.5. The third-order valence-corrected chi connectivity index (χ3v) is 6.77. The maximum Gasteiger partial charge on any atom is 0.321 e. The van der Waals surface area contributed by atoms with Crippen molar-refractivity contribution < 1.29 is 9.53 Å². The van der Waals surface area contributed by atoms with Gasteiger partial charge >= 0.3 is 6.03 Å². The van der Waals surface area contributed by atoms with Gasteiger partial charge in [-0.15, -0.1) is 0 Å². The second-order valence-electron chi connectivity index (χ2n) is 8.91. The molecule has 4 rings (SSSR count). The topological polar surface area (TPSA) is 59.4 Å². The number of ether oxygens (including phenoxy) is 1. The van der Waals surface area contributed by atoms with Gasteiger partial charge in [-0.2, -0.15) is 0 Å². The van der Waals surface area contributed by atoms with Crippen molar-refractivity contribution >= 4 is 11.7 Å². The number of aromatic nitrogens is 2. The van der Waals surface area contributed by atoms with Crippen LogP contribution in [0.15, 0.2) is 24.4 Å². The number of nitrogens with zero attached hydrogens (tertiary/aromatic N) is 3. The van der Waals surface area contributed by atoms with Gasteiger partial charge in [0.05, 0.1) is 0 Å². The van der Waals surface area contributed by atoms with Crippen LogP contribution in [0.1, 0.15) is 54.2 Å². The van der Waals surface area contributed by atoms with E-state index >= 15 is 0 Å². The van der Waals surface area contributed by atoms with Crippen molar-refractivity contribution in [2.24, 2.45) is 5.92 Å². The third-order valence-electron chi connectivity index (χ3n) is 6.77. The van der Waals surface area contributed by atoms with Crippen molar-refractivity contribution in [3.63, 3.8) is 0 Å². The number of carbonyl (C=O) groups is 1. The Labute approximate surface area is 179 Å². The number of urea groups is 1. The second-order valence-corrected chi connectivity index (χ2v) is 8.91. The molecule has 0 bridgehead atoms. The van der Waals surface area contributed by atoms with Crippen molar-refractivity contribution in [1.82, 2.24) is 14.5 Å². The molecule has 0 aliphatic carbocycles. The molecule has 2 saturated heterocycles. The summed E-state index contributed by atoms with van der Waals surface area (Å²) in [5.41, 5.74) is 4.55. The zero-order chi connectivity index (χ0) is 21.1. The van der Waals surface area contributed by atoms with Crippen molar-refractivity contribution in [3.05, 3.63) is 47.0 Å². The minimum absolute atomic E-state index is 0.0124. The van der Waals surface area contributed by atoms with Crippen LogP contribution < -0.4 is 5.32 Å². The first-order chi connectivity index (χ1) is 14.5. The number of piperidine rings is 1. The minimum atomic E-state index is 0.0124. The summed E-state index contributed by atoms with van der Waals surface area (Å²) in [6.45, 7) is 10.6. The molecule has 162 valence electrons. The van der Waals surface area contributed by atoms with Crippen LogP contribution in [0.2, 0.25) is 0 Å². The SMILES string of the molecule is Cc1ccc(NC(=O)N2CCC(Cn3c(C)cnc3C3CCOCC3)CC2)cc1C. The Morgan fingerprint density at radius 2 is 1.83 bits per heavy atom. The fourth-order valence-corrected chi connectivity index (χ4v) is 4.60. The Morgan fingerprint density at radius 1 is 1.10 bits per heavy atom. The van der Waals surface area contributed by atoms with Crippen LogP contribution in [0, 0.1) is 26.7 Å². The average Bonchev–Trinajstić information content (AvgIpc) is 3.12. The van der Waals surface area contributed by atoms with E-state index in [1.807, 2.05) is 23.2 Å². The lowest BCUT2D eigenvalue weighted by Gasteiger charge is -2.33. The summed E-state index contributed by atoms with van der Waals surface area (Å²) >= 11 is 0. The Balaban J connectivity index is 1.32. The lowest BCUT2D eigenvalue weighted by atomic mass is 9.95. The molecule has 2 fully saturated rings. The first-order valence-corrected chi connectivity index (χ1v) is 11.2. The van der Waals surface area contributed by atoms with E-state index in [4.69, 9.17) is 9.72 Å². The highest BCUT2D eigenvalue weighted by Gasteiger charge is 2.26. The molecule has 1 aromatic carbocycles. The maximum absolute atomic E-state index is 12.7. The van der Waals surface area contributed by atoms with Crippen molar-refractivity contribution in [3.8, 4) is 0 Å². The van der Waals surface area contributed by atoms with Gasteiger partial charge in [0.25, 0.3) is 0 Å². The van der Waals surface area contributed by atoms with Crippen molar-refractivity contribution in [1.29, 1.82) is 0 Å². The largest absolute Gasteiger partial charge is 0.381 e. The number of anilines is 1. The summed E-state index contributed by atoms with van der Waals surface area (Å²) in [4.78, 5) is 19.4. The van der Waals surface area contributed by atoms with Gasteiger partial charge in [0, 0.05) is 56.3 Å². The molecule has 1 N–H and O–H groups in total. The molecule has 6 nitrogen and oxygen atoms in total. The molecule has 6 heteroatoms. The molecule has 0 atom stereocenters. The fraction of sp³-hybridized carbons (Fsp3) is 0.583.